The van der Waals surface area contributed by atoms with Crippen LogP contribution in [0.5, 0.6) is 0 Å². The Bertz CT molecular complexity index is 160. The van der Waals surface area contributed by atoms with Gasteiger partial charge in [-0.25, -0.2) is 4.79 Å². The molecule has 0 saturated carbocycles. The van der Waals surface area contributed by atoms with Crippen molar-refractivity contribution in [3.63, 3.8) is 0 Å². The third-order valence-corrected chi connectivity index (χ3v) is 2.11. The predicted octanol–water partition coefficient (Wildman–Crippen LogP) is -0.299. The van der Waals surface area contributed by atoms with Gasteiger partial charge >= 0.3 is 6.03 Å². The molecule has 0 aromatic rings. The number of urea groups is 1. The molecule has 1 unspecified atom stereocenters. The average Bonchev–Trinajstić information content (AvgIpc) is 1.85. The van der Waals surface area contributed by atoms with Crippen molar-refractivity contribution in [3.05, 3.63) is 0 Å². The first kappa shape index (κ1) is 8.33. The van der Waals surface area contributed by atoms with Gasteiger partial charge in [-0.1, -0.05) is 0 Å². The minimum Gasteiger partial charge on any atom is -0.351 e. The fraction of sp³-hybridized carbons (Fsp3) is 0.857. The number of carbonyl (C=O) groups is 1. The first-order chi connectivity index (χ1) is 5.11. The van der Waals surface area contributed by atoms with Crippen LogP contribution in [0.3, 0.4) is 0 Å². The molecule has 0 bridgehead atoms. The quantitative estimate of drug-likeness (QED) is 0.525. The molecule has 1 aliphatic heterocycles. The van der Waals surface area contributed by atoms with Gasteiger partial charge in [0.05, 0.1) is 0 Å². The zero-order chi connectivity index (χ0) is 8.43. The van der Waals surface area contributed by atoms with Crippen molar-refractivity contribution >= 4 is 6.03 Å². The standard InChI is InChI=1S/C7H15N3O/c1-6-5-9(2)3-4-10(6)7(8)11/h6H,3-5H2,1-2H3,(H2,8,11). The van der Waals surface area contributed by atoms with Gasteiger partial charge in [-0.15, -0.1) is 0 Å². The molecule has 0 aromatic carbocycles. The number of nitrogens with zero attached hydrogens (tertiary/aromatic N) is 2. The lowest BCUT2D eigenvalue weighted by Crippen LogP contribution is -2.54. The molecule has 0 spiro atoms. The Hall–Kier alpha value is -0.770. The summed E-state index contributed by atoms with van der Waals surface area (Å²) in [4.78, 5) is 14.7. The van der Waals surface area contributed by atoms with Crippen LogP contribution in [0.1, 0.15) is 6.92 Å². The van der Waals surface area contributed by atoms with Crippen LogP contribution < -0.4 is 5.73 Å². The van der Waals surface area contributed by atoms with E-state index in [0.717, 1.165) is 19.6 Å². The first-order valence-electron chi connectivity index (χ1n) is 3.86. The molecule has 1 atom stereocenters. The van der Waals surface area contributed by atoms with Gasteiger partial charge in [0, 0.05) is 25.7 Å². The predicted molar refractivity (Wildman–Crippen MR) is 43.2 cm³/mol. The maximum absolute atomic E-state index is 10.8. The number of hydrogen-bond acceptors (Lipinski definition) is 2. The Morgan fingerprint density at radius 3 is 2.64 bits per heavy atom. The van der Waals surface area contributed by atoms with E-state index in [1.54, 1.807) is 4.90 Å². The highest BCUT2D eigenvalue weighted by Gasteiger charge is 2.23. The van der Waals surface area contributed by atoms with Crippen LogP contribution in [0.15, 0.2) is 0 Å². The van der Waals surface area contributed by atoms with E-state index in [0.29, 0.717) is 0 Å². The first-order valence-corrected chi connectivity index (χ1v) is 3.86. The number of piperazine rings is 1. The maximum atomic E-state index is 10.8. The van der Waals surface area contributed by atoms with Crippen molar-refractivity contribution in [1.82, 2.24) is 9.80 Å². The normalized spacial score (nSPS) is 27.1. The minimum absolute atomic E-state index is 0.256. The van der Waals surface area contributed by atoms with E-state index in [2.05, 4.69) is 11.9 Å². The number of primary amides is 1. The summed E-state index contributed by atoms with van der Waals surface area (Å²) in [5.74, 6) is 0. The largest absolute Gasteiger partial charge is 0.351 e. The zero-order valence-electron chi connectivity index (χ0n) is 7.08. The molecule has 2 amide bonds. The van der Waals surface area contributed by atoms with Gasteiger partial charge in [-0.3, -0.25) is 0 Å². The number of nitrogens with two attached hydrogens (primary N) is 1. The molecular weight excluding hydrogens is 142 g/mol. The van der Waals surface area contributed by atoms with Crippen molar-refractivity contribution in [3.8, 4) is 0 Å². The average molecular weight is 157 g/mol. The van der Waals surface area contributed by atoms with E-state index in [1.807, 2.05) is 6.92 Å². The molecular formula is C7H15N3O. The van der Waals surface area contributed by atoms with Crippen molar-refractivity contribution in [1.29, 1.82) is 0 Å². The summed E-state index contributed by atoms with van der Waals surface area (Å²) in [5, 5.41) is 0. The van der Waals surface area contributed by atoms with Crippen LogP contribution in [0.2, 0.25) is 0 Å². The summed E-state index contributed by atoms with van der Waals surface area (Å²) >= 11 is 0. The van der Waals surface area contributed by atoms with Crippen molar-refractivity contribution < 1.29 is 4.79 Å². The van der Waals surface area contributed by atoms with Crippen LogP contribution in [0.25, 0.3) is 0 Å². The molecule has 1 heterocycles. The molecule has 1 aliphatic rings. The summed E-state index contributed by atoms with van der Waals surface area (Å²) in [6, 6.07) is -0.0446. The number of carbonyl (C=O) groups excluding carboxylic acids is 1. The molecule has 0 aromatic heterocycles. The molecule has 0 aliphatic carbocycles. The second-order valence-electron chi connectivity index (χ2n) is 3.14. The van der Waals surface area contributed by atoms with Gasteiger partial charge in [0.2, 0.25) is 0 Å². The van der Waals surface area contributed by atoms with Crippen molar-refractivity contribution in [2.75, 3.05) is 26.7 Å². The molecule has 0 radical (unpaired) electrons. The van der Waals surface area contributed by atoms with Crippen LogP contribution in [-0.4, -0.2) is 48.6 Å². The van der Waals surface area contributed by atoms with E-state index in [4.69, 9.17) is 5.73 Å². The Morgan fingerprint density at radius 1 is 1.55 bits per heavy atom. The lowest BCUT2D eigenvalue weighted by atomic mass is 10.2. The van der Waals surface area contributed by atoms with Crippen molar-refractivity contribution in [2.24, 2.45) is 5.73 Å². The monoisotopic (exact) mass is 157 g/mol. The Morgan fingerprint density at radius 2 is 2.18 bits per heavy atom. The topological polar surface area (TPSA) is 49.6 Å². The highest BCUT2D eigenvalue weighted by atomic mass is 16.2. The second-order valence-corrected chi connectivity index (χ2v) is 3.14. The van der Waals surface area contributed by atoms with E-state index >= 15 is 0 Å². The van der Waals surface area contributed by atoms with Crippen LogP contribution in [0.4, 0.5) is 4.79 Å². The number of amides is 2. The number of hydrogen-bond donors (Lipinski definition) is 1. The molecule has 1 fully saturated rings. The van der Waals surface area contributed by atoms with E-state index < -0.39 is 0 Å². The molecule has 11 heavy (non-hydrogen) atoms. The van der Waals surface area contributed by atoms with Crippen LogP contribution in [-0.2, 0) is 0 Å². The fourth-order valence-corrected chi connectivity index (χ4v) is 1.47. The fourth-order valence-electron chi connectivity index (χ4n) is 1.47. The Balaban J connectivity index is 2.50. The lowest BCUT2D eigenvalue weighted by molar-refractivity contribution is 0.122. The third-order valence-electron chi connectivity index (χ3n) is 2.11. The van der Waals surface area contributed by atoms with Gasteiger partial charge in [0.15, 0.2) is 0 Å². The second kappa shape index (κ2) is 3.09. The number of likely N-dealkylation sites (N-methyl/N-ethyl adjacent to an activating group) is 1. The maximum Gasteiger partial charge on any atom is 0.315 e. The van der Waals surface area contributed by atoms with Gasteiger partial charge in [0.25, 0.3) is 0 Å². The van der Waals surface area contributed by atoms with Gasteiger partial charge in [-0.2, -0.15) is 0 Å². The minimum atomic E-state index is -0.300. The van der Waals surface area contributed by atoms with E-state index in [1.165, 1.54) is 0 Å². The summed E-state index contributed by atoms with van der Waals surface area (Å²) < 4.78 is 0. The molecule has 4 nitrogen and oxygen atoms in total. The lowest BCUT2D eigenvalue weighted by Gasteiger charge is -2.36. The summed E-state index contributed by atoms with van der Waals surface area (Å²) in [5.41, 5.74) is 5.17. The molecule has 2 N–H and O–H groups in total. The zero-order valence-corrected chi connectivity index (χ0v) is 7.08. The Labute approximate surface area is 66.9 Å². The van der Waals surface area contributed by atoms with Crippen LogP contribution >= 0.6 is 0 Å². The Kier molecular flexibility index (Phi) is 2.34. The summed E-state index contributed by atoms with van der Waals surface area (Å²) in [6.45, 7) is 4.61. The number of rotatable bonds is 0. The highest BCUT2D eigenvalue weighted by molar-refractivity contribution is 5.72. The van der Waals surface area contributed by atoms with E-state index in [9.17, 15) is 4.79 Å². The smallest absolute Gasteiger partial charge is 0.315 e. The van der Waals surface area contributed by atoms with E-state index in [-0.39, 0.29) is 12.1 Å². The highest BCUT2D eigenvalue weighted by Crippen LogP contribution is 2.06. The van der Waals surface area contributed by atoms with Crippen LogP contribution in [0, 0.1) is 0 Å². The van der Waals surface area contributed by atoms with Gasteiger partial charge in [-0.05, 0) is 14.0 Å². The summed E-state index contributed by atoms with van der Waals surface area (Å²) in [6.07, 6.45) is 0. The van der Waals surface area contributed by atoms with Crippen molar-refractivity contribution in [2.45, 2.75) is 13.0 Å². The molecule has 4 heteroatoms. The molecule has 64 valence electrons. The van der Waals surface area contributed by atoms with Gasteiger partial charge in [0.1, 0.15) is 0 Å². The molecule has 1 saturated heterocycles. The SMILES string of the molecule is CC1CN(C)CCN1C(N)=O. The summed E-state index contributed by atoms with van der Waals surface area (Å²) in [7, 11) is 2.05. The van der Waals surface area contributed by atoms with Gasteiger partial charge < -0.3 is 15.5 Å². The third kappa shape index (κ3) is 1.83. The molecule has 1 rings (SSSR count).